The zero-order chi connectivity index (χ0) is 27.9. The second kappa shape index (κ2) is 10.8. The summed E-state index contributed by atoms with van der Waals surface area (Å²) < 4.78 is 29.0. The maximum atomic E-state index is 12.2. The second-order valence-electron chi connectivity index (χ2n) is 10.5. The first kappa shape index (κ1) is 26.7. The van der Waals surface area contributed by atoms with Crippen molar-refractivity contribution in [1.29, 1.82) is 0 Å². The number of esters is 1. The van der Waals surface area contributed by atoms with E-state index >= 15 is 0 Å². The molecule has 0 saturated carbocycles. The van der Waals surface area contributed by atoms with E-state index < -0.39 is 9.84 Å². The van der Waals surface area contributed by atoms with Crippen molar-refractivity contribution < 1.29 is 17.9 Å². The van der Waals surface area contributed by atoms with E-state index in [0.717, 1.165) is 60.6 Å². The van der Waals surface area contributed by atoms with E-state index in [-0.39, 0.29) is 10.9 Å². The molecule has 40 heavy (non-hydrogen) atoms. The van der Waals surface area contributed by atoms with Gasteiger partial charge in [-0.15, -0.1) is 0 Å². The number of benzene rings is 2. The predicted octanol–water partition coefficient (Wildman–Crippen LogP) is 5.66. The Balaban J connectivity index is 1.22. The van der Waals surface area contributed by atoms with Crippen molar-refractivity contribution in [1.82, 2.24) is 9.88 Å². The molecule has 3 aliphatic rings. The lowest BCUT2D eigenvalue weighted by Crippen LogP contribution is -2.33. The predicted molar refractivity (Wildman–Crippen MR) is 156 cm³/mol. The van der Waals surface area contributed by atoms with Crippen LogP contribution < -0.4 is 0 Å². The molecule has 0 spiro atoms. The van der Waals surface area contributed by atoms with Crippen LogP contribution in [0.25, 0.3) is 11.6 Å². The summed E-state index contributed by atoms with van der Waals surface area (Å²) in [5.41, 5.74) is 9.09. The van der Waals surface area contributed by atoms with Crippen LogP contribution in [0.1, 0.15) is 40.8 Å². The van der Waals surface area contributed by atoms with E-state index in [1.165, 1.54) is 34.1 Å². The molecular weight excluding hydrogens is 544 g/mol. The van der Waals surface area contributed by atoms with Crippen LogP contribution in [0, 0.1) is 0 Å². The Bertz CT molecular complexity index is 1690. The lowest BCUT2D eigenvalue weighted by Gasteiger charge is -2.30. The molecule has 204 valence electrons. The Kier molecular flexibility index (Phi) is 7.21. The van der Waals surface area contributed by atoms with E-state index in [1.807, 2.05) is 18.3 Å². The van der Waals surface area contributed by atoms with Gasteiger partial charge in [0.2, 0.25) is 0 Å². The van der Waals surface area contributed by atoms with Gasteiger partial charge in [-0.05, 0) is 84.3 Å². The summed E-state index contributed by atoms with van der Waals surface area (Å²) >= 11 is 6.37. The van der Waals surface area contributed by atoms with Crippen molar-refractivity contribution in [3.05, 3.63) is 117 Å². The fraction of sp³-hybridized carbons (Fsp3) is 0.250. The minimum Gasteiger partial charge on any atom is -0.423 e. The molecular formula is C32H29ClN2O4S. The number of rotatable bonds is 4. The molecule has 1 aromatic heterocycles. The standard InChI is InChI=1S/C32H29ClN2O4S/c1-40(37,38)27-9-4-21(5-10-27)17-29-25(19-30(36)39-29)20-35-15-12-22(13-16-35)31-28-11-8-26(33)18-24(28)7-6-23-3-2-14-34-32(23)31/h2-5,8-11,14,17-19H,6-7,12-13,15-16,20H2,1H3/b29-17-. The SMILES string of the molecule is CS(=O)(=O)c1ccc(/C=C2\OC(=O)C=C2CN2CCC(=C3c4ccc(Cl)cc4CCc4cccnc43)CC2)cc1. The van der Waals surface area contributed by atoms with Crippen LogP contribution in [0.5, 0.6) is 0 Å². The molecule has 2 aliphatic heterocycles. The average Bonchev–Trinajstić information content (AvgIpc) is 3.18. The third-order valence-corrected chi connectivity index (χ3v) is 9.12. The quantitative estimate of drug-likeness (QED) is 0.376. The molecule has 0 bridgehead atoms. The third-order valence-electron chi connectivity index (χ3n) is 7.76. The molecule has 0 unspecified atom stereocenters. The van der Waals surface area contributed by atoms with Gasteiger partial charge in [0.25, 0.3) is 0 Å². The number of sulfone groups is 1. The number of nitrogens with zero attached hydrogens (tertiary/aromatic N) is 2. The Morgan fingerprint density at radius 1 is 1.00 bits per heavy atom. The Morgan fingerprint density at radius 2 is 1.75 bits per heavy atom. The molecule has 0 atom stereocenters. The molecule has 3 aromatic rings. The Labute approximate surface area is 239 Å². The van der Waals surface area contributed by atoms with Gasteiger partial charge in [-0.2, -0.15) is 0 Å². The summed E-state index contributed by atoms with van der Waals surface area (Å²) in [5, 5.41) is 0.758. The van der Waals surface area contributed by atoms with Crippen molar-refractivity contribution >= 4 is 39.1 Å². The van der Waals surface area contributed by atoms with Crippen molar-refractivity contribution in [2.75, 3.05) is 25.9 Å². The van der Waals surface area contributed by atoms with E-state index in [9.17, 15) is 13.2 Å². The maximum absolute atomic E-state index is 12.2. The van der Waals surface area contributed by atoms with Gasteiger partial charge < -0.3 is 4.74 Å². The number of halogens is 1. The fourth-order valence-corrected chi connectivity index (χ4v) is 6.56. The first-order chi connectivity index (χ1) is 19.2. The zero-order valence-corrected chi connectivity index (χ0v) is 23.8. The van der Waals surface area contributed by atoms with Crippen LogP contribution in [0.2, 0.25) is 5.02 Å². The van der Waals surface area contributed by atoms with Crippen LogP contribution in [0.15, 0.2) is 88.7 Å². The normalized spacial score (nSPS) is 18.7. The number of hydrogen-bond acceptors (Lipinski definition) is 6. The van der Waals surface area contributed by atoms with Crippen molar-refractivity contribution in [3.63, 3.8) is 0 Å². The van der Waals surface area contributed by atoms with E-state index in [4.69, 9.17) is 21.3 Å². The molecule has 3 heterocycles. The number of ether oxygens (including phenoxy) is 1. The molecule has 6 rings (SSSR count). The summed E-state index contributed by atoms with van der Waals surface area (Å²) in [6.07, 6.45) is 10.1. The molecule has 1 fully saturated rings. The number of carbonyl (C=O) groups is 1. The zero-order valence-electron chi connectivity index (χ0n) is 22.2. The highest BCUT2D eigenvalue weighted by Gasteiger charge is 2.27. The largest absolute Gasteiger partial charge is 0.423 e. The van der Waals surface area contributed by atoms with Gasteiger partial charge in [0.15, 0.2) is 9.84 Å². The van der Waals surface area contributed by atoms with Crippen molar-refractivity contribution in [3.8, 4) is 0 Å². The fourth-order valence-electron chi connectivity index (χ4n) is 5.73. The van der Waals surface area contributed by atoms with E-state index in [0.29, 0.717) is 12.3 Å². The van der Waals surface area contributed by atoms with Gasteiger partial charge in [0.05, 0.1) is 10.6 Å². The average molecular weight is 573 g/mol. The van der Waals surface area contributed by atoms with Crippen LogP contribution in [0.4, 0.5) is 0 Å². The van der Waals surface area contributed by atoms with Crippen LogP contribution in [0.3, 0.4) is 0 Å². The number of hydrogen-bond donors (Lipinski definition) is 0. The second-order valence-corrected chi connectivity index (χ2v) is 13.0. The maximum Gasteiger partial charge on any atom is 0.336 e. The number of fused-ring (bicyclic) bond motifs is 2. The third kappa shape index (κ3) is 5.55. The topological polar surface area (TPSA) is 76.6 Å². The summed E-state index contributed by atoms with van der Waals surface area (Å²) in [4.78, 5) is 19.6. The van der Waals surface area contributed by atoms with Gasteiger partial charge in [0, 0.05) is 54.3 Å². The highest BCUT2D eigenvalue weighted by Crippen LogP contribution is 2.38. The number of likely N-dealkylation sites (tertiary alicyclic amines) is 1. The molecule has 0 amide bonds. The molecule has 1 aliphatic carbocycles. The van der Waals surface area contributed by atoms with Gasteiger partial charge >= 0.3 is 5.97 Å². The molecule has 2 aromatic carbocycles. The molecule has 1 saturated heterocycles. The monoisotopic (exact) mass is 572 g/mol. The highest BCUT2D eigenvalue weighted by atomic mass is 35.5. The lowest BCUT2D eigenvalue weighted by atomic mass is 9.88. The summed E-state index contributed by atoms with van der Waals surface area (Å²) in [5.74, 6) is 0.124. The van der Waals surface area contributed by atoms with Crippen molar-refractivity contribution in [2.24, 2.45) is 0 Å². The smallest absolute Gasteiger partial charge is 0.336 e. The number of cyclic esters (lactones) is 1. The lowest BCUT2D eigenvalue weighted by molar-refractivity contribution is -0.132. The van der Waals surface area contributed by atoms with E-state index in [2.05, 4.69) is 23.1 Å². The van der Waals surface area contributed by atoms with Crippen LogP contribution >= 0.6 is 11.6 Å². The van der Waals surface area contributed by atoms with Gasteiger partial charge in [-0.1, -0.05) is 41.4 Å². The summed E-state index contributed by atoms with van der Waals surface area (Å²) in [6, 6.07) is 16.9. The molecule has 6 nitrogen and oxygen atoms in total. The van der Waals surface area contributed by atoms with E-state index in [1.54, 1.807) is 36.4 Å². The molecule has 0 radical (unpaired) electrons. The number of carbonyl (C=O) groups excluding carboxylic acids is 1. The number of piperidine rings is 1. The van der Waals surface area contributed by atoms with Gasteiger partial charge in [-0.25, -0.2) is 13.2 Å². The number of aromatic nitrogens is 1. The molecule has 8 heteroatoms. The van der Waals surface area contributed by atoms with Crippen molar-refractivity contribution in [2.45, 2.75) is 30.6 Å². The summed E-state index contributed by atoms with van der Waals surface area (Å²) in [6.45, 7) is 2.31. The first-order valence-corrected chi connectivity index (χ1v) is 15.6. The Hall–Kier alpha value is -3.52. The van der Waals surface area contributed by atoms with Crippen LogP contribution in [-0.4, -0.2) is 50.2 Å². The number of aryl methyl sites for hydroxylation is 2. The minimum atomic E-state index is -3.27. The van der Waals surface area contributed by atoms with Gasteiger partial charge in [0.1, 0.15) is 5.76 Å². The minimum absolute atomic E-state index is 0.254. The first-order valence-electron chi connectivity index (χ1n) is 13.4. The highest BCUT2D eigenvalue weighted by molar-refractivity contribution is 7.90. The Morgan fingerprint density at radius 3 is 2.50 bits per heavy atom. The van der Waals surface area contributed by atoms with Gasteiger partial charge in [-0.3, -0.25) is 9.88 Å². The van der Waals surface area contributed by atoms with Crippen LogP contribution in [-0.2, 0) is 32.2 Å². The summed E-state index contributed by atoms with van der Waals surface area (Å²) in [7, 11) is -3.27. The molecule has 0 N–H and O–H groups in total. The number of pyridine rings is 1.